The second-order valence-electron chi connectivity index (χ2n) is 6.17. The Kier molecular flexibility index (Phi) is 5.89. The number of anilines is 2. The van der Waals surface area contributed by atoms with E-state index in [1.807, 2.05) is 61.5 Å². The number of rotatable bonds is 5. The van der Waals surface area contributed by atoms with Gasteiger partial charge < -0.3 is 10.6 Å². The fourth-order valence-electron chi connectivity index (χ4n) is 2.65. The summed E-state index contributed by atoms with van der Waals surface area (Å²) in [6, 6.07) is 21.8. The quantitative estimate of drug-likeness (QED) is 0.650. The van der Waals surface area contributed by atoms with Crippen molar-refractivity contribution >= 4 is 34.8 Å². The molecule has 0 spiro atoms. The summed E-state index contributed by atoms with van der Waals surface area (Å²) in [6.07, 6.45) is 0.233. The fraction of sp³-hybridized carbons (Fsp3) is 0.0909. The lowest BCUT2D eigenvalue weighted by molar-refractivity contribution is -0.115. The average molecular weight is 379 g/mol. The van der Waals surface area contributed by atoms with Gasteiger partial charge in [0.05, 0.1) is 17.1 Å². The smallest absolute Gasteiger partial charge is 0.255 e. The molecule has 4 nitrogen and oxygen atoms in total. The zero-order valence-electron chi connectivity index (χ0n) is 14.8. The number of halogens is 1. The van der Waals surface area contributed by atoms with Gasteiger partial charge in [0.15, 0.2) is 0 Å². The van der Waals surface area contributed by atoms with E-state index < -0.39 is 0 Å². The number of para-hydroxylation sites is 1. The van der Waals surface area contributed by atoms with E-state index in [9.17, 15) is 9.59 Å². The van der Waals surface area contributed by atoms with Crippen LogP contribution in [-0.4, -0.2) is 11.8 Å². The van der Waals surface area contributed by atoms with Crippen molar-refractivity contribution in [2.45, 2.75) is 13.3 Å². The van der Waals surface area contributed by atoms with E-state index in [0.29, 0.717) is 16.3 Å². The molecule has 136 valence electrons. The molecule has 0 aliphatic carbocycles. The highest BCUT2D eigenvalue weighted by atomic mass is 35.5. The largest absolute Gasteiger partial charge is 0.324 e. The lowest BCUT2D eigenvalue weighted by Gasteiger charge is -2.11. The van der Waals surface area contributed by atoms with Gasteiger partial charge in [-0.15, -0.1) is 0 Å². The minimum Gasteiger partial charge on any atom is -0.324 e. The number of aryl methyl sites for hydroxylation is 1. The van der Waals surface area contributed by atoms with Crippen LogP contribution in [0.4, 0.5) is 11.4 Å². The molecule has 0 saturated carbocycles. The number of hydrogen-bond donors (Lipinski definition) is 2. The van der Waals surface area contributed by atoms with E-state index in [-0.39, 0.29) is 18.2 Å². The van der Waals surface area contributed by atoms with Crippen molar-refractivity contribution < 1.29 is 9.59 Å². The van der Waals surface area contributed by atoms with E-state index in [0.717, 1.165) is 16.8 Å². The lowest BCUT2D eigenvalue weighted by atomic mass is 10.1. The molecule has 0 aliphatic rings. The van der Waals surface area contributed by atoms with Crippen molar-refractivity contribution in [3.05, 3.63) is 94.5 Å². The Morgan fingerprint density at radius 3 is 2.30 bits per heavy atom. The molecule has 0 aliphatic heterocycles. The first kappa shape index (κ1) is 18.7. The Labute approximate surface area is 163 Å². The Balaban J connectivity index is 1.73. The standard InChI is InChI=1S/C22H19ClN2O2/c1-15-7-5-6-10-19(15)25-22(27)17-11-12-18(23)20(14-17)24-21(26)13-16-8-3-2-4-9-16/h2-12,14H,13H2,1H3,(H,24,26)(H,25,27). The zero-order valence-corrected chi connectivity index (χ0v) is 15.6. The summed E-state index contributed by atoms with van der Waals surface area (Å²) in [7, 11) is 0. The summed E-state index contributed by atoms with van der Waals surface area (Å²) in [4.78, 5) is 24.8. The number of carbonyl (C=O) groups is 2. The normalized spacial score (nSPS) is 10.3. The monoisotopic (exact) mass is 378 g/mol. The van der Waals surface area contributed by atoms with Crippen LogP contribution in [0.2, 0.25) is 5.02 Å². The van der Waals surface area contributed by atoms with Gasteiger partial charge in [0.25, 0.3) is 5.91 Å². The predicted octanol–water partition coefficient (Wildman–Crippen LogP) is 5.08. The summed E-state index contributed by atoms with van der Waals surface area (Å²) >= 11 is 6.19. The Morgan fingerprint density at radius 2 is 1.56 bits per heavy atom. The molecule has 3 rings (SSSR count). The summed E-state index contributed by atoms with van der Waals surface area (Å²) in [5.74, 6) is -0.459. The van der Waals surface area contributed by atoms with Crippen LogP contribution < -0.4 is 10.6 Å². The van der Waals surface area contributed by atoms with Crippen LogP contribution in [0.3, 0.4) is 0 Å². The number of benzene rings is 3. The maximum Gasteiger partial charge on any atom is 0.255 e. The fourth-order valence-corrected chi connectivity index (χ4v) is 2.81. The number of amides is 2. The second kappa shape index (κ2) is 8.52. The van der Waals surface area contributed by atoms with E-state index >= 15 is 0 Å². The number of nitrogens with one attached hydrogen (secondary N) is 2. The van der Waals surface area contributed by atoms with Crippen molar-refractivity contribution in [2.24, 2.45) is 0 Å². The van der Waals surface area contributed by atoms with Crippen LogP contribution in [0.1, 0.15) is 21.5 Å². The molecule has 3 aromatic carbocycles. The first-order valence-corrected chi connectivity index (χ1v) is 8.91. The highest BCUT2D eigenvalue weighted by Gasteiger charge is 2.12. The van der Waals surface area contributed by atoms with Crippen LogP contribution in [0.5, 0.6) is 0 Å². The van der Waals surface area contributed by atoms with Gasteiger partial charge in [0, 0.05) is 11.3 Å². The van der Waals surface area contributed by atoms with Gasteiger partial charge in [0.2, 0.25) is 5.91 Å². The summed E-state index contributed by atoms with van der Waals surface area (Å²) in [5, 5.41) is 6.03. The highest BCUT2D eigenvalue weighted by Crippen LogP contribution is 2.24. The summed E-state index contributed by atoms with van der Waals surface area (Å²) < 4.78 is 0. The molecule has 0 radical (unpaired) electrons. The van der Waals surface area contributed by atoms with Crippen LogP contribution in [0.25, 0.3) is 0 Å². The molecule has 0 saturated heterocycles. The summed E-state index contributed by atoms with van der Waals surface area (Å²) in [5.41, 5.74) is 3.44. The van der Waals surface area contributed by atoms with E-state index in [2.05, 4.69) is 10.6 Å². The minimum absolute atomic E-state index is 0.195. The van der Waals surface area contributed by atoms with Crippen molar-refractivity contribution in [1.82, 2.24) is 0 Å². The van der Waals surface area contributed by atoms with E-state index in [1.165, 1.54) is 0 Å². The van der Waals surface area contributed by atoms with E-state index in [1.54, 1.807) is 18.2 Å². The van der Waals surface area contributed by atoms with Gasteiger partial charge >= 0.3 is 0 Å². The molecule has 2 N–H and O–H groups in total. The molecular formula is C22H19ClN2O2. The van der Waals surface area contributed by atoms with Crippen molar-refractivity contribution in [1.29, 1.82) is 0 Å². The van der Waals surface area contributed by atoms with Crippen LogP contribution in [0, 0.1) is 6.92 Å². The van der Waals surface area contributed by atoms with Gasteiger partial charge in [-0.3, -0.25) is 9.59 Å². The molecule has 5 heteroatoms. The minimum atomic E-state index is -0.264. The topological polar surface area (TPSA) is 58.2 Å². The van der Waals surface area contributed by atoms with Gasteiger partial charge in [-0.05, 0) is 42.3 Å². The molecule has 0 atom stereocenters. The maximum absolute atomic E-state index is 12.5. The van der Waals surface area contributed by atoms with Crippen LogP contribution in [-0.2, 0) is 11.2 Å². The van der Waals surface area contributed by atoms with Crippen LogP contribution in [0.15, 0.2) is 72.8 Å². The van der Waals surface area contributed by atoms with Gasteiger partial charge in [0.1, 0.15) is 0 Å². The maximum atomic E-state index is 12.5. The van der Waals surface area contributed by atoms with Gasteiger partial charge in [-0.1, -0.05) is 60.1 Å². The molecule has 0 heterocycles. The predicted molar refractivity (Wildman–Crippen MR) is 109 cm³/mol. The third-order valence-corrected chi connectivity index (χ3v) is 4.43. The number of hydrogen-bond acceptors (Lipinski definition) is 2. The third kappa shape index (κ3) is 4.96. The summed E-state index contributed by atoms with van der Waals surface area (Å²) in [6.45, 7) is 1.92. The van der Waals surface area contributed by atoms with Crippen molar-refractivity contribution in [3.8, 4) is 0 Å². The first-order chi connectivity index (χ1) is 13.0. The lowest BCUT2D eigenvalue weighted by Crippen LogP contribution is -2.16. The molecular weight excluding hydrogens is 360 g/mol. The second-order valence-corrected chi connectivity index (χ2v) is 6.58. The highest BCUT2D eigenvalue weighted by molar-refractivity contribution is 6.34. The molecule has 0 aromatic heterocycles. The van der Waals surface area contributed by atoms with Crippen molar-refractivity contribution in [3.63, 3.8) is 0 Å². The molecule has 2 amide bonds. The van der Waals surface area contributed by atoms with Gasteiger partial charge in [-0.25, -0.2) is 0 Å². The number of carbonyl (C=O) groups excluding carboxylic acids is 2. The SMILES string of the molecule is Cc1ccccc1NC(=O)c1ccc(Cl)c(NC(=O)Cc2ccccc2)c1. The molecule has 0 unspecified atom stereocenters. The Hall–Kier alpha value is -3.11. The zero-order chi connectivity index (χ0) is 19.2. The van der Waals surface area contributed by atoms with Gasteiger partial charge in [-0.2, -0.15) is 0 Å². The van der Waals surface area contributed by atoms with Crippen molar-refractivity contribution in [2.75, 3.05) is 10.6 Å². The van der Waals surface area contributed by atoms with E-state index in [4.69, 9.17) is 11.6 Å². The molecule has 3 aromatic rings. The molecule has 0 bridgehead atoms. The Morgan fingerprint density at radius 1 is 0.852 bits per heavy atom. The third-order valence-electron chi connectivity index (χ3n) is 4.10. The first-order valence-electron chi connectivity index (χ1n) is 8.53. The Bertz CT molecular complexity index is 971. The molecule has 27 heavy (non-hydrogen) atoms. The van der Waals surface area contributed by atoms with Crippen LogP contribution >= 0.6 is 11.6 Å². The average Bonchev–Trinajstić information content (AvgIpc) is 2.66. The molecule has 0 fully saturated rings.